The highest BCUT2D eigenvalue weighted by Crippen LogP contribution is 2.38. The van der Waals surface area contributed by atoms with Crippen molar-refractivity contribution >= 4 is 32.5 Å². The Hall–Kier alpha value is -1.29. The topological polar surface area (TPSA) is 48.1 Å². The molecule has 2 aromatic rings. The third kappa shape index (κ3) is 3.15. The van der Waals surface area contributed by atoms with Gasteiger partial charge < -0.3 is 10.5 Å². The van der Waals surface area contributed by atoms with E-state index in [0.29, 0.717) is 5.41 Å². The van der Waals surface area contributed by atoms with Crippen LogP contribution < -0.4 is 10.5 Å². The molecule has 112 valence electrons. The highest BCUT2D eigenvalue weighted by atomic mass is 79.9. The van der Waals surface area contributed by atoms with Crippen LogP contribution in [0.5, 0.6) is 5.75 Å². The van der Waals surface area contributed by atoms with E-state index < -0.39 is 0 Å². The molecule has 1 aliphatic carbocycles. The van der Waals surface area contributed by atoms with Crippen LogP contribution in [-0.4, -0.2) is 11.1 Å². The summed E-state index contributed by atoms with van der Waals surface area (Å²) in [5.41, 5.74) is 8.08. The first-order chi connectivity index (χ1) is 9.94. The lowest BCUT2D eigenvalue weighted by Gasteiger charge is -2.34. The van der Waals surface area contributed by atoms with Gasteiger partial charge in [-0.2, -0.15) is 0 Å². The van der Waals surface area contributed by atoms with Crippen molar-refractivity contribution in [1.82, 2.24) is 4.98 Å². The number of hydrogen-bond acceptors (Lipinski definition) is 3. The quantitative estimate of drug-likeness (QED) is 0.783. The number of hydrogen-bond donors (Lipinski definition) is 1. The molecular weight excluding hydrogens is 328 g/mol. The lowest BCUT2D eigenvalue weighted by Crippen LogP contribution is -2.28. The van der Waals surface area contributed by atoms with Gasteiger partial charge in [0.25, 0.3) is 0 Å². The van der Waals surface area contributed by atoms with Crippen LogP contribution in [-0.2, 0) is 0 Å². The van der Waals surface area contributed by atoms with E-state index in [1.807, 2.05) is 18.2 Å². The molecule has 1 fully saturated rings. The molecule has 3 rings (SSSR count). The van der Waals surface area contributed by atoms with Crippen LogP contribution in [0.4, 0.5) is 5.69 Å². The maximum atomic E-state index is 6.22. The largest absolute Gasteiger partial charge is 0.488 e. The van der Waals surface area contributed by atoms with Crippen LogP contribution in [0.3, 0.4) is 0 Å². The number of nitrogen functional groups attached to an aromatic ring is 1. The van der Waals surface area contributed by atoms with Crippen molar-refractivity contribution < 1.29 is 4.74 Å². The molecule has 21 heavy (non-hydrogen) atoms. The van der Waals surface area contributed by atoms with Gasteiger partial charge in [0.1, 0.15) is 11.3 Å². The molecule has 0 amide bonds. The van der Waals surface area contributed by atoms with Crippen LogP contribution >= 0.6 is 15.9 Å². The molecule has 1 aliphatic rings. The molecule has 0 radical (unpaired) electrons. The molecule has 1 heterocycles. The standard InChI is InChI=1S/C17H21BrN2O/c1-17(2)7-5-12(6-8-17)21-15-4-3-14(19)13-9-11(18)10-20-16(13)15/h3-4,9-10,12H,5-8,19H2,1-2H3. The van der Waals surface area contributed by atoms with Crippen LogP contribution in [0.15, 0.2) is 28.9 Å². The van der Waals surface area contributed by atoms with E-state index in [2.05, 4.69) is 34.8 Å². The molecule has 4 heteroatoms. The molecule has 0 unspecified atom stereocenters. The number of pyridine rings is 1. The third-order valence-electron chi connectivity index (χ3n) is 4.39. The second-order valence-corrected chi connectivity index (χ2v) is 7.60. The van der Waals surface area contributed by atoms with Crippen LogP contribution in [0.25, 0.3) is 10.9 Å². The summed E-state index contributed by atoms with van der Waals surface area (Å²) in [5, 5.41) is 0.943. The fraction of sp³-hybridized carbons (Fsp3) is 0.471. The Morgan fingerprint density at radius 3 is 2.71 bits per heavy atom. The van der Waals surface area contributed by atoms with Gasteiger partial charge in [0, 0.05) is 21.7 Å². The third-order valence-corrected chi connectivity index (χ3v) is 4.83. The van der Waals surface area contributed by atoms with Gasteiger partial charge in [0.15, 0.2) is 0 Å². The lowest BCUT2D eigenvalue weighted by molar-refractivity contribution is 0.0999. The average Bonchev–Trinajstić information content (AvgIpc) is 2.44. The Bertz CT molecular complexity index is 659. The number of nitrogens with two attached hydrogens (primary N) is 1. The van der Waals surface area contributed by atoms with Gasteiger partial charge in [-0.3, -0.25) is 4.98 Å². The zero-order valence-corrected chi connectivity index (χ0v) is 14.1. The minimum Gasteiger partial charge on any atom is -0.488 e. The van der Waals surface area contributed by atoms with E-state index in [4.69, 9.17) is 10.5 Å². The molecule has 1 saturated carbocycles. The van der Waals surface area contributed by atoms with Gasteiger partial charge in [-0.05, 0) is 65.2 Å². The molecule has 0 atom stereocenters. The number of anilines is 1. The first-order valence-electron chi connectivity index (χ1n) is 7.45. The minimum absolute atomic E-state index is 0.287. The van der Waals surface area contributed by atoms with E-state index >= 15 is 0 Å². The zero-order chi connectivity index (χ0) is 15.0. The van der Waals surface area contributed by atoms with Gasteiger partial charge in [-0.15, -0.1) is 0 Å². The number of aromatic nitrogens is 1. The number of benzene rings is 1. The molecule has 3 nitrogen and oxygen atoms in total. The number of halogens is 1. The van der Waals surface area contributed by atoms with Crippen molar-refractivity contribution in [3.8, 4) is 5.75 Å². The number of fused-ring (bicyclic) bond motifs is 1. The lowest BCUT2D eigenvalue weighted by atomic mass is 9.76. The second-order valence-electron chi connectivity index (χ2n) is 6.68. The summed E-state index contributed by atoms with van der Waals surface area (Å²) in [6.07, 6.45) is 6.71. The SMILES string of the molecule is CC1(C)CCC(Oc2ccc(N)c3cc(Br)cnc23)CC1. The molecular formula is C17H21BrN2O. The number of ether oxygens (including phenoxy) is 1. The summed E-state index contributed by atoms with van der Waals surface area (Å²) >= 11 is 3.44. The van der Waals surface area contributed by atoms with Crippen molar-refractivity contribution in [2.45, 2.75) is 45.6 Å². The van der Waals surface area contributed by atoms with Crippen LogP contribution in [0.2, 0.25) is 0 Å². The van der Waals surface area contributed by atoms with E-state index in [1.54, 1.807) is 6.20 Å². The Morgan fingerprint density at radius 2 is 2.00 bits per heavy atom. The molecule has 1 aromatic heterocycles. The maximum absolute atomic E-state index is 6.22. The molecule has 1 aromatic carbocycles. The Balaban J connectivity index is 1.86. The van der Waals surface area contributed by atoms with Crippen molar-refractivity contribution in [3.63, 3.8) is 0 Å². The number of nitrogens with zero attached hydrogens (tertiary/aromatic N) is 1. The Morgan fingerprint density at radius 1 is 1.29 bits per heavy atom. The summed E-state index contributed by atoms with van der Waals surface area (Å²) in [6, 6.07) is 5.84. The van der Waals surface area contributed by atoms with Gasteiger partial charge in [0.2, 0.25) is 0 Å². The average molecular weight is 349 g/mol. The predicted octanol–water partition coefficient (Wildman–Crippen LogP) is 4.93. The molecule has 0 saturated heterocycles. The highest BCUT2D eigenvalue weighted by molar-refractivity contribution is 9.10. The van der Waals surface area contributed by atoms with Gasteiger partial charge in [0.05, 0.1) is 6.10 Å². The van der Waals surface area contributed by atoms with Crippen molar-refractivity contribution in [3.05, 3.63) is 28.9 Å². The molecule has 0 aliphatic heterocycles. The first-order valence-corrected chi connectivity index (χ1v) is 8.24. The molecule has 0 bridgehead atoms. The van der Waals surface area contributed by atoms with Crippen molar-refractivity contribution in [2.24, 2.45) is 5.41 Å². The van der Waals surface area contributed by atoms with Gasteiger partial charge >= 0.3 is 0 Å². The fourth-order valence-electron chi connectivity index (χ4n) is 2.96. The molecule has 0 spiro atoms. The summed E-state index contributed by atoms with van der Waals surface area (Å²) in [6.45, 7) is 4.67. The normalized spacial score (nSPS) is 18.8. The highest BCUT2D eigenvalue weighted by Gasteiger charge is 2.28. The summed E-state index contributed by atoms with van der Waals surface area (Å²) in [5.74, 6) is 0.844. The van der Waals surface area contributed by atoms with Gasteiger partial charge in [-0.25, -0.2) is 0 Å². The Labute approximate surface area is 134 Å². The number of rotatable bonds is 2. The van der Waals surface area contributed by atoms with E-state index in [9.17, 15) is 0 Å². The smallest absolute Gasteiger partial charge is 0.146 e. The first kappa shape index (κ1) is 14.6. The monoisotopic (exact) mass is 348 g/mol. The van der Waals surface area contributed by atoms with Gasteiger partial charge in [-0.1, -0.05) is 13.8 Å². The molecule has 2 N–H and O–H groups in total. The van der Waals surface area contributed by atoms with Crippen molar-refractivity contribution in [2.75, 3.05) is 5.73 Å². The summed E-state index contributed by atoms with van der Waals surface area (Å²) in [7, 11) is 0. The predicted molar refractivity (Wildman–Crippen MR) is 90.5 cm³/mol. The van der Waals surface area contributed by atoms with Crippen LogP contribution in [0.1, 0.15) is 39.5 Å². The van der Waals surface area contributed by atoms with E-state index in [1.165, 1.54) is 12.8 Å². The summed E-state index contributed by atoms with van der Waals surface area (Å²) < 4.78 is 7.15. The van der Waals surface area contributed by atoms with E-state index in [-0.39, 0.29) is 6.10 Å². The Kier molecular flexibility index (Phi) is 3.82. The maximum Gasteiger partial charge on any atom is 0.146 e. The summed E-state index contributed by atoms with van der Waals surface area (Å²) in [4.78, 5) is 4.48. The van der Waals surface area contributed by atoms with E-state index in [0.717, 1.165) is 39.7 Å². The zero-order valence-electron chi connectivity index (χ0n) is 12.5. The van der Waals surface area contributed by atoms with Crippen molar-refractivity contribution in [1.29, 1.82) is 0 Å². The van der Waals surface area contributed by atoms with Crippen LogP contribution in [0, 0.1) is 5.41 Å². The second kappa shape index (κ2) is 5.48. The minimum atomic E-state index is 0.287. The fourth-order valence-corrected chi connectivity index (χ4v) is 3.29.